The van der Waals surface area contributed by atoms with Crippen molar-refractivity contribution in [3.05, 3.63) is 48.3 Å². The van der Waals surface area contributed by atoms with Crippen LogP contribution in [-0.4, -0.2) is 45.5 Å². The summed E-state index contributed by atoms with van der Waals surface area (Å²) in [6.07, 6.45) is 6.36. The monoisotopic (exact) mass is 457 g/mol. The third kappa shape index (κ3) is 6.35. The van der Waals surface area contributed by atoms with E-state index < -0.39 is 0 Å². The molecule has 32 heavy (non-hydrogen) atoms. The number of carbonyl (C=O) groups is 2. The van der Waals surface area contributed by atoms with Crippen LogP contribution in [0.5, 0.6) is 5.75 Å². The average Bonchev–Trinajstić information content (AvgIpc) is 3.19. The van der Waals surface area contributed by atoms with Gasteiger partial charge in [0, 0.05) is 18.2 Å². The Morgan fingerprint density at radius 2 is 2.00 bits per heavy atom. The standard InChI is InChI=1S/C23H31N5O3S/c1-4-13-28-20(14-24-22(30)17-9-11-18(31-3)12-10-17)26-27-23(28)32-15-21(29)25-19-8-6-5-7-16(19)2/h4,9-12,16,19H,1,5-8,13-15H2,2-3H3,(H,24,30)(H,25,29). The van der Waals surface area contributed by atoms with Crippen molar-refractivity contribution < 1.29 is 14.3 Å². The van der Waals surface area contributed by atoms with Crippen molar-refractivity contribution in [1.82, 2.24) is 25.4 Å². The van der Waals surface area contributed by atoms with Crippen molar-refractivity contribution in [3.63, 3.8) is 0 Å². The van der Waals surface area contributed by atoms with Gasteiger partial charge in [0.15, 0.2) is 11.0 Å². The van der Waals surface area contributed by atoms with Gasteiger partial charge in [-0.05, 0) is 43.0 Å². The van der Waals surface area contributed by atoms with Crippen LogP contribution in [0.2, 0.25) is 0 Å². The van der Waals surface area contributed by atoms with Crippen molar-refractivity contribution in [2.24, 2.45) is 5.92 Å². The number of nitrogens with one attached hydrogen (secondary N) is 2. The molecule has 0 aliphatic heterocycles. The first-order valence-electron chi connectivity index (χ1n) is 10.9. The second-order valence-electron chi connectivity index (χ2n) is 7.93. The Labute approximate surface area is 193 Å². The zero-order valence-electron chi connectivity index (χ0n) is 18.7. The molecule has 9 heteroatoms. The number of hydrogen-bond donors (Lipinski definition) is 2. The van der Waals surface area contributed by atoms with Crippen LogP contribution in [0.4, 0.5) is 0 Å². The van der Waals surface area contributed by atoms with E-state index in [9.17, 15) is 9.59 Å². The van der Waals surface area contributed by atoms with E-state index >= 15 is 0 Å². The fraction of sp³-hybridized carbons (Fsp3) is 0.478. The minimum atomic E-state index is -0.212. The zero-order valence-corrected chi connectivity index (χ0v) is 19.5. The molecule has 3 rings (SSSR count). The number of benzene rings is 1. The second-order valence-corrected chi connectivity index (χ2v) is 8.88. The van der Waals surface area contributed by atoms with Crippen LogP contribution >= 0.6 is 11.8 Å². The van der Waals surface area contributed by atoms with Crippen molar-refractivity contribution in [2.75, 3.05) is 12.9 Å². The number of aromatic nitrogens is 3. The highest BCUT2D eigenvalue weighted by atomic mass is 32.2. The number of ether oxygens (including phenoxy) is 1. The fourth-order valence-corrected chi connectivity index (χ4v) is 4.56. The summed E-state index contributed by atoms with van der Waals surface area (Å²) in [7, 11) is 1.58. The van der Waals surface area contributed by atoms with E-state index in [1.165, 1.54) is 24.6 Å². The first kappa shape index (κ1) is 23.8. The average molecular weight is 458 g/mol. The number of thioether (sulfide) groups is 1. The van der Waals surface area contributed by atoms with Crippen molar-refractivity contribution in [3.8, 4) is 5.75 Å². The molecule has 1 saturated carbocycles. The van der Waals surface area contributed by atoms with Crippen LogP contribution < -0.4 is 15.4 Å². The summed E-state index contributed by atoms with van der Waals surface area (Å²) >= 11 is 1.34. The van der Waals surface area contributed by atoms with Crippen LogP contribution in [-0.2, 0) is 17.9 Å². The lowest BCUT2D eigenvalue weighted by Crippen LogP contribution is -2.41. The fourth-order valence-electron chi connectivity index (χ4n) is 3.78. The van der Waals surface area contributed by atoms with Crippen molar-refractivity contribution >= 4 is 23.6 Å². The Morgan fingerprint density at radius 1 is 1.25 bits per heavy atom. The smallest absolute Gasteiger partial charge is 0.251 e. The van der Waals surface area contributed by atoms with Gasteiger partial charge in [-0.1, -0.05) is 37.6 Å². The highest BCUT2D eigenvalue weighted by Gasteiger charge is 2.23. The number of nitrogens with zero attached hydrogens (tertiary/aromatic N) is 3. The van der Waals surface area contributed by atoms with Gasteiger partial charge in [0.05, 0.1) is 19.4 Å². The lowest BCUT2D eigenvalue weighted by atomic mass is 9.86. The molecule has 0 spiro atoms. The van der Waals surface area contributed by atoms with Gasteiger partial charge in [-0.3, -0.25) is 9.59 Å². The van der Waals surface area contributed by atoms with E-state index in [2.05, 4.69) is 34.3 Å². The predicted molar refractivity (Wildman–Crippen MR) is 125 cm³/mol. The number of hydrogen-bond acceptors (Lipinski definition) is 6. The van der Waals surface area contributed by atoms with E-state index in [0.717, 1.165) is 12.8 Å². The number of carbonyl (C=O) groups excluding carboxylic acids is 2. The molecule has 1 aliphatic rings. The Balaban J connectivity index is 1.56. The molecule has 0 bridgehead atoms. The molecule has 1 aliphatic carbocycles. The van der Waals surface area contributed by atoms with Crippen LogP contribution in [0, 0.1) is 5.92 Å². The Kier molecular flexibility index (Phi) is 8.72. The van der Waals surface area contributed by atoms with Gasteiger partial charge in [0.1, 0.15) is 5.75 Å². The summed E-state index contributed by atoms with van der Waals surface area (Å²) in [6.45, 7) is 6.70. The van der Waals surface area contributed by atoms with Gasteiger partial charge >= 0.3 is 0 Å². The van der Waals surface area contributed by atoms with Crippen LogP contribution in [0.15, 0.2) is 42.1 Å². The quantitative estimate of drug-likeness (QED) is 0.420. The molecule has 1 heterocycles. The minimum Gasteiger partial charge on any atom is -0.497 e. The Bertz CT molecular complexity index is 928. The summed E-state index contributed by atoms with van der Waals surface area (Å²) in [5, 5.41) is 15.1. The number of allylic oxidation sites excluding steroid dienone is 1. The summed E-state index contributed by atoms with van der Waals surface area (Å²) in [4.78, 5) is 24.9. The van der Waals surface area contributed by atoms with Gasteiger partial charge in [-0.25, -0.2) is 0 Å². The van der Waals surface area contributed by atoms with Gasteiger partial charge < -0.3 is 19.9 Å². The molecule has 8 nitrogen and oxygen atoms in total. The van der Waals surface area contributed by atoms with Gasteiger partial charge in [0.25, 0.3) is 5.91 Å². The van der Waals surface area contributed by atoms with E-state index in [0.29, 0.717) is 34.8 Å². The molecule has 0 saturated heterocycles. The first-order chi connectivity index (χ1) is 15.5. The van der Waals surface area contributed by atoms with E-state index in [1.54, 1.807) is 37.5 Å². The van der Waals surface area contributed by atoms with Crippen LogP contribution in [0.25, 0.3) is 0 Å². The van der Waals surface area contributed by atoms with Gasteiger partial charge in [-0.15, -0.1) is 16.8 Å². The molecule has 1 aromatic carbocycles. The second kappa shape index (κ2) is 11.7. The summed E-state index contributed by atoms with van der Waals surface area (Å²) < 4.78 is 6.98. The molecule has 2 unspecified atom stereocenters. The Hall–Kier alpha value is -2.81. The lowest BCUT2D eigenvalue weighted by Gasteiger charge is -2.29. The minimum absolute atomic E-state index is 0.0104. The molecule has 2 atom stereocenters. The van der Waals surface area contributed by atoms with Gasteiger partial charge in [-0.2, -0.15) is 0 Å². The van der Waals surface area contributed by atoms with E-state index in [4.69, 9.17) is 4.74 Å². The normalized spacial score (nSPS) is 18.1. The maximum absolute atomic E-state index is 12.4. The van der Waals surface area contributed by atoms with E-state index in [-0.39, 0.29) is 30.2 Å². The summed E-state index contributed by atoms with van der Waals surface area (Å²) in [6, 6.07) is 7.14. The predicted octanol–water partition coefficient (Wildman–Crippen LogP) is 3.19. The van der Waals surface area contributed by atoms with Crippen LogP contribution in [0.1, 0.15) is 48.8 Å². The molecule has 1 fully saturated rings. The topological polar surface area (TPSA) is 98.1 Å². The van der Waals surface area contributed by atoms with Crippen LogP contribution in [0.3, 0.4) is 0 Å². The van der Waals surface area contributed by atoms with Crippen molar-refractivity contribution in [1.29, 1.82) is 0 Å². The molecule has 2 N–H and O–H groups in total. The maximum Gasteiger partial charge on any atom is 0.251 e. The largest absolute Gasteiger partial charge is 0.497 e. The Morgan fingerprint density at radius 3 is 2.69 bits per heavy atom. The molecule has 2 aromatic rings. The first-order valence-corrected chi connectivity index (χ1v) is 11.9. The molecular formula is C23H31N5O3S. The molecule has 2 amide bonds. The summed E-state index contributed by atoms with van der Waals surface area (Å²) in [5.74, 6) is 1.89. The van der Waals surface area contributed by atoms with E-state index in [1.807, 2.05) is 4.57 Å². The third-order valence-corrected chi connectivity index (χ3v) is 6.62. The molecule has 1 aromatic heterocycles. The zero-order chi connectivity index (χ0) is 22.9. The van der Waals surface area contributed by atoms with Crippen molar-refractivity contribution in [2.45, 2.75) is 56.9 Å². The van der Waals surface area contributed by atoms with Gasteiger partial charge in [0.2, 0.25) is 5.91 Å². The number of rotatable bonds is 10. The third-order valence-electron chi connectivity index (χ3n) is 5.65. The molecule has 172 valence electrons. The number of methoxy groups -OCH3 is 1. The SMILES string of the molecule is C=CCn1c(CNC(=O)c2ccc(OC)cc2)nnc1SCC(=O)NC1CCCCC1C. The maximum atomic E-state index is 12.4. The highest BCUT2D eigenvalue weighted by Crippen LogP contribution is 2.24. The lowest BCUT2D eigenvalue weighted by molar-refractivity contribution is -0.119. The molecule has 0 radical (unpaired) electrons. The highest BCUT2D eigenvalue weighted by molar-refractivity contribution is 7.99. The summed E-state index contributed by atoms with van der Waals surface area (Å²) in [5.41, 5.74) is 0.531. The molecular weight excluding hydrogens is 426 g/mol. The number of amides is 2.